The van der Waals surface area contributed by atoms with Gasteiger partial charge in [0.25, 0.3) is 5.91 Å². The molecule has 166 valence electrons. The highest BCUT2D eigenvalue weighted by Gasteiger charge is 2.63. The summed E-state index contributed by atoms with van der Waals surface area (Å²) in [7, 11) is 5.26. The molecule has 0 unspecified atom stereocenters. The average molecular weight is 439 g/mol. The molecule has 2 heterocycles. The Morgan fingerprint density at radius 3 is 2.41 bits per heavy atom. The van der Waals surface area contributed by atoms with Gasteiger partial charge in [0, 0.05) is 12.6 Å². The number of rotatable bonds is 4. The van der Waals surface area contributed by atoms with Crippen molar-refractivity contribution in [1.82, 2.24) is 0 Å². The number of fused-ring (bicyclic) bond motifs is 2. The summed E-state index contributed by atoms with van der Waals surface area (Å²) < 4.78 is 21.4. The Balaban J connectivity index is 2.04. The van der Waals surface area contributed by atoms with Crippen LogP contribution >= 0.6 is 0 Å². The summed E-state index contributed by atoms with van der Waals surface area (Å²) in [5.41, 5.74) is -0.999. The fourth-order valence-corrected chi connectivity index (χ4v) is 4.26. The second kappa shape index (κ2) is 7.69. The molecule has 0 aliphatic carbocycles. The van der Waals surface area contributed by atoms with Crippen molar-refractivity contribution in [3.8, 4) is 11.5 Å². The molecule has 0 fully saturated rings. The van der Waals surface area contributed by atoms with Gasteiger partial charge in [-0.3, -0.25) is 4.79 Å². The molecule has 1 N–H and O–H groups in total. The first kappa shape index (κ1) is 21.4. The maximum absolute atomic E-state index is 13.6. The normalized spacial score (nSPS) is 21.7. The van der Waals surface area contributed by atoms with Crippen molar-refractivity contribution in [2.45, 2.75) is 11.7 Å². The van der Waals surface area contributed by atoms with E-state index in [1.807, 2.05) is 0 Å². The number of aromatic hydroxyl groups is 1. The maximum Gasteiger partial charge on any atom is 0.338 e. The molecule has 2 aromatic rings. The topological polar surface area (TPSA) is 112 Å². The number of benzene rings is 2. The quantitative estimate of drug-likeness (QED) is 0.720. The van der Waals surface area contributed by atoms with Crippen LogP contribution in [0, 0.1) is 0 Å². The molecule has 0 bridgehead atoms. The van der Waals surface area contributed by atoms with Crippen LogP contribution in [0.5, 0.6) is 11.5 Å². The highest BCUT2D eigenvalue weighted by Crippen LogP contribution is 2.56. The summed E-state index contributed by atoms with van der Waals surface area (Å²) in [6, 6.07) is 11.2. The number of hydrogen-bond acceptors (Lipinski definition) is 8. The third-order valence-electron chi connectivity index (χ3n) is 5.73. The SMILES string of the molecule is COC(=O)C1=C(C(=O)OC)[C@@]2(O[C@H]1c1ccc(O)c(OC)c1)C(=O)N(C)c1ccccc12. The smallest absolute Gasteiger partial charge is 0.338 e. The molecule has 4 rings (SSSR count). The number of methoxy groups -OCH3 is 3. The molecule has 2 aromatic carbocycles. The number of anilines is 1. The highest BCUT2D eigenvalue weighted by atomic mass is 16.6. The van der Waals surface area contributed by atoms with Crippen LogP contribution in [0.1, 0.15) is 17.2 Å². The number of phenolic OH excluding ortho intramolecular Hbond substituents is 1. The summed E-state index contributed by atoms with van der Waals surface area (Å²) in [6.07, 6.45) is -1.17. The van der Waals surface area contributed by atoms with Crippen molar-refractivity contribution in [2.24, 2.45) is 0 Å². The van der Waals surface area contributed by atoms with E-state index in [2.05, 4.69) is 0 Å². The van der Waals surface area contributed by atoms with Crippen LogP contribution in [0.25, 0.3) is 0 Å². The summed E-state index contributed by atoms with van der Waals surface area (Å²) in [4.78, 5) is 40.9. The third-order valence-corrected chi connectivity index (χ3v) is 5.73. The van der Waals surface area contributed by atoms with Crippen LogP contribution in [0.4, 0.5) is 5.69 Å². The lowest BCUT2D eigenvalue weighted by molar-refractivity contribution is -0.148. The van der Waals surface area contributed by atoms with Crippen LogP contribution in [-0.2, 0) is 34.2 Å². The first-order chi connectivity index (χ1) is 15.3. The lowest BCUT2D eigenvalue weighted by Gasteiger charge is -2.26. The van der Waals surface area contributed by atoms with Crippen LogP contribution < -0.4 is 9.64 Å². The molecule has 2 atom stereocenters. The molecule has 32 heavy (non-hydrogen) atoms. The average Bonchev–Trinajstić information content (AvgIpc) is 3.28. The molecule has 1 amide bonds. The molecule has 0 radical (unpaired) electrons. The molecule has 9 nitrogen and oxygen atoms in total. The number of esters is 2. The molecule has 2 aliphatic heterocycles. The summed E-state index contributed by atoms with van der Waals surface area (Å²) in [5, 5.41) is 9.98. The second-order valence-electron chi connectivity index (χ2n) is 7.26. The van der Waals surface area contributed by atoms with Gasteiger partial charge in [-0.1, -0.05) is 24.3 Å². The summed E-state index contributed by atoms with van der Waals surface area (Å²) in [6.45, 7) is 0. The minimum absolute atomic E-state index is 0.122. The Bertz CT molecular complexity index is 1170. The van der Waals surface area contributed by atoms with E-state index in [-0.39, 0.29) is 22.6 Å². The van der Waals surface area contributed by atoms with Crippen molar-refractivity contribution in [3.05, 3.63) is 64.7 Å². The van der Waals surface area contributed by atoms with E-state index in [0.29, 0.717) is 16.8 Å². The van der Waals surface area contributed by atoms with Gasteiger partial charge in [0.1, 0.15) is 6.10 Å². The fraction of sp³-hybridized carbons (Fsp3) is 0.261. The standard InChI is InChI=1S/C23H21NO8/c1-24-14-8-6-5-7-13(14)23(22(24)28)18(21(27)31-4)17(20(26)30-3)19(32-23)12-9-10-15(25)16(11-12)29-2/h5-11,19,25H,1-4H3/t19-,23+/m0/s1. The van der Waals surface area contributed by atoms with Gasteiger partial charge in [0.2, 0.25) is 5.60 Å². The van der Waals surface area contributed by atoms with Gasteiger partial charge in [0.05, 0.1) is 38.2 Å². The van der Waals surface area contributed by atoms with Gasteiger partial charge in [-0.2, -0.15) is 0 Å². The predicted octanol–water partition coefficient (Wildman–Crippen LogP) is 1.99. The third kappa shape index (κ3) is 2.78. The van der Waals surface area contributed by atoms with Crippen LogP contribution in [0.3, 0.4) is 0 Å². The van der Waals surface area contributed by atoms with Gasteiger partial charge >= 0.3 is 11.9 Å². The molecule has 2 aliphatic rings. The van der Waals surface area contributed by atoms with Gasteiger partial charge < -0.3 is 29.0 Å². The Kier molecular flexibility index (Phi) is 5.14. The van der Waals surface area contributed by atoms with Crippen molar-refractivity contribution < 1.29 is 38.4 Å². The zero-order valence-corrected chi connectivity index (χ0v) is 17.9. The van der Waals surface area contributed by atoms with Crippen LogP contribution in [0.15, 0.2) is 53.6 Å². The van der Waals surface area contributed by atoms with E-state index in [1.165, 1.54) is 37.3 Å². The molecule has 9 heteroatoms. The molecule has 1 spiro atoms. The van der Waals surface area contributed by atoms with Crippen molar-refractivity contribution in [1.29, 1.82) is 0 Å². The van der Waals surface area contributed by atoms with Crippen molar-refractivity contribution >= 4 is 23.5 Å². The molecule has 0 aromatic heterocycles. The fourth-order valence-electron chi connectivity index (χ4n) is 4.26. The summed E-state index contributed by atoms with van der Waals surface area (Å²) in [5.74, 6) is -2.28. The second-order valence-corrected chi connectivity index (χ2v) is 7.26. The predicted molar refractivity (Wildman–Crippen MR) is 111 cm³/mol. The molecule has 0 saturated heterocycles. The molecule has 0 saturated carbocycles. The van der Waals surface area contributed by atoms with Crippen LogP contribution in [0.2, 0.25) is 0 Å². The maximum atomic E-state index is 13.6. The largest absolute Gasteiger partial charge is 0.504 e. The number of carbonyl (C=O) groups is 3. The number of para-hydroxylation sites is 1. The van der Waals surface area contributed by atoms with Crippen LogP contribution in [-0.4, -0.2) is 51.3 Å². The number of amides is 1. The van der Waals surface area contributed by atoms with Gasteiger partial charge in [-0.05, 0) is 23.8 Å². The van der Waals surface area contributed by atoms with E-state index in [4.69, 9.17) is 18.9 Å². The number of hydrogen-bond donors (Lipinski definition) is 1. The Labute approximate surface area is 183 Å². The van der Waals surface area contributed by atoms with Crippen molar-refractivity contribution in [3.63, 3.8) is 0 Å². The Hall–Kier alpha value is -3.85. The lowest BCUT2D eigenvalue weighted by Crippen LogP contribution is -2.42. The first-order valence-electron chi connectivity index (χ1n) is 9.65. The van der Waals surface area contributed by atoms with Gasteiger partial charge in [-0.15, -0.1) is 0 Å². The number of phenols is 1. The first-order valence-corrected chi connectivity index (χ1v) is 9.65. The van der Waals surface area contributed by atoms with E-state index >= 15 is 0 Å². The molecular weight excluding hydrogens is 418 g/mol. The van der Waals surface area contributed by atoms with E-state index in [9.17, 15) is 19.5 Å². The molecular formula is C23H21NO8. The number of nitrogens with zero attached hydrogens (tertiary/aromatic N) is 1. The number of likely N-dealkylation sites (N-methyl/N-ethyl adjacent to an activating group) is 1. The van der Waals surface area contributed by atoms with E-state index in [0.717, 1.165) is 7.11 Å². The highest BCUT2D eigenvalue weighted by molar-refractivity contribution is 6.17. The minimum Gasteiger partial charge on any atom is -0.504 e. The van der Waals surface area contributed by atoms with E-state index in [1.54, 1.807) is 31.3 Å². The Morgan fingerprint density at radius 1 is 1.06 bits per heavy atom. The van der Waals surface area contributed by atoms with Gasteiger partial charge in [-0.25, -0.2) is 9.59 Å². The monoisotopic (exact) mass is 439 g/mol. The van der Waals surface area contributed by atoms with E-state index < -0.39 is 29.6 Å². The van der Waals surface area contributed by atoms with Crippen molar-refractivity contribution in [2.75, 3.05) is 33.3 Å². The Morgan fingerprint density at radius 2 is 1.75 bits per heavy atom. The zero-order valence-electron chi connectivity index (χ0n) is 17.9. The zero-order chi connectivity index (χ0) is 23.2. The van der Waals surface area contributed by atoms with Gasteiger partial charge in [0.15, 0.2) is 11.5 Å². The number of carbonyl (C=O) groups excluding carboxylic acids is 3. The summed E-state index contributed by atoms with van der Waals surface area (Å²) >= 11 is 0. The lowest BCUT2D eigenvalue weighted by atomic mass is 9.85. The number of ether oxygens (including phenoxy) is 4. The minimum atomic E-state index is -1.91.